The second-order valence-electron chi connectivity index (χ2n) is 3.30. The van der Waals surface area contributed by atoms with Crippen LogP contribution in [0.2, 0.25) is 0 Å². The zero-order chi connectivity index (χ0) is 18.3. The van der Waals surface area contributed by atoms with Gasteiger partial charge in [-0.3, -0.25) is 0 Å². The minimum absolute atomic E-state index is 0.545. The molecule has 0 saturated heterocycles. The molecule has 0 aliphatic carbocycles. The van der Waals surface area contributed by atoms with Gasteiger partial charge in [0.1, 0.15) is 0 Å². The van der Waals surface area contributed by atoms with Crippen LogP contribution in [0, 0.1) is 0 Å². The third-order valence-corrected chi connectivity index (χ3v) is 2.10. The molecule has 2 heteroatoms. The summed E-state index contributed by atoms with van der Waals surface area (Å²) in [5.74, 6) is 0. The predicted octanol–water partition coefficient (Wildman–Crippen LogP) is 6.77. The summed E-state index contributed by atoms with van der Waals surface area (Å²) < 4.78 is 0. The number of isocyanates is 1. The molecular weight excluding hydrogens is 282 g/mol. The molecule has 0 spiro atoms. The molecule has 2 aromatic rings. The third-order valence-electron chi connectivity index (χ3n) is 2.10. The Morgan fingerprint density at radius 3 is 1.17 bits per heavy atom. The number of carbonyl (C=O) groups excluding carboxylic acids is 1. The zero-order valence-corrected chi connectivity index (χ0v) is 15.8. The van der Waals surface area contributed by atoms with Gasteiger partial charge < -0.3 is 0 Å². The van der Waals surface area contributed by atoms with Crippen molar-refractivity contribution in [2.24, 2.45) is 4.99 Å². The van der Waals surface area contributed by atoms with Crippen LogP contribution in [0.15, 0.2) is 65.7 Å². The first kappa shape index (κ1) is 25.8. The monoisotopic (exact) mass is 315 g/mol. The molecule has 0 aliphatic heterocycles. The first-order valence-corrected chi connectivity index (χ1v) is 8.52. The minimum Gasteiger partial charge on any atom is -0.211 e. The van der Waals surface area contributed by atoms with Gasteiger partial charge in [0.25, 0.3) is 0 Å². The number of hydrogen-bond donors (Lipinski definition) is 0. The maximum absolute atomic E-state index is 9.11. The summed E-state index contributed by atoms with van der Waals surface area (Å²) in [5, 5.41) is 0. The van der Waals surface area contributed by atoms with Crippen LogP contribution in [-0.4, -0.2) is 12.6 Å². The maximum Gasteiger partial charge on any atom is 0.234 e. The van der Waals surface area contributed by atoms with Crippen LogP contribution in [0.4, 0.5) is 0 Å². The first-order valence-electron chi connectivity index (χ1n) is 8.52. The van der Waals surface area contributed by atoms with Gasteiger partial charge in [-0.25, -0.2) is 9.79 Å². The normalized spacial score (nSPS) is 7.09. The first-order chi connectivity index (χ1) is 11.4. The van der Waals surface area contributed by atoms with E-state index in [1.54, 1.807) is 6.92 Å². The number of benzene rings is 2. The van der Waals surface area contributed by atoms with E-state index in [1.165, 1.54) is 17.2 Å². The standard InChI is InChI=1S/C12H10.C3H5NO.3C2H6/c1-3-7-11(8-4-1)12-9-5-2-6-10-12;1-2-4-3-5;3*1-2/h1-10H;2H2,1H3;3*1-2H3. The maximum atomic E-state index is 9.11. The van der Waals surface area contributed by atoms with Gasteiger partial charge in [-0.1, -0.05) is 102 Å². The van der Waals surface area contributed by atoms with Crippen molar-refractivity contribution in [3.05, 3.63) is 60.7 Å². The highest BCUT2D eigenvalue weighted by molar-refractivity contribution is 5.62. The summed E-state index contributed by atoms with van der Waals surface area (Å²) in [6, 6.07) is 20.8. The summed E-state index contributed by atoms with van der Waals surface area (Å²) >= 11 is 0. The van der Waals surface area contributed by atoms with Crippen LogP contribution in [0.5, 0.6) is 0 Å². The van der Waals surface area contributed by atoms with Crippen LogP contribution in [0.3, 0.4) is 0 Å². The fourth-order valence-electron chi connectivity index (χ4n) is 1.33. The SMILES string of the molecule is CC.CC.CC.CCN=C=O.c1ccc(-c2ccccc2)cc1. The molecule has 2 rings (SSSR count). The zero-order valence-electron chi connectivity index (χ0n) is 15.8. The topological polar surface area (TPSA) is 29.4 Å². The van der Waals surface area contributed by atoms with Crippen molar-refractivity contribution in [3.63, 3.8) is 0 Å². The lowest BCUT2D eigenvalue weighted by Crippen LogP contribution is -1.73. The molecule has 0 amide bonds. The molecule has 0 atom stereocenters. The van der Waals surface area contributed by atoms with E-state index in [4.69, 9.17) is 4.79 Å². The molecule has 0 bridgehead atoms. The highest BCUT2D eigenvalue weighted by atomic mass is 16.1. The molecule has 0 radical (unpaired) electrons. The molecule has 2 aromatic carbocycles. The highest BCUT2D eigenvalue weighted by Crippen LogP contribution is 2.17. The van der Waals surface area contributed by atoms with Gasteiger partial charge in [-0.05, 0) is 18.1 Å². The summed E-state index contributed by atoms with van der Waals surface area (Å²) in [5.41, 5.74) is 2.55. The lowest BCUT2D eigenvalue weighted by molar-refractivity contribution is 0.563. The van der Waals surface area contributed by atoms with E-state index in [0.29, 0.717) is 6.54 Å². The van der Waals surface area contributed by atoms with Gasteiger partial charge in [-0.15, -0.1) is 0 Å². The molecule has 23 heavy (non-hydrogen) atoms. The average Bonchev–Trinajstić information content (AvgIpc) is 2.69. The second-order valence-corrected chi connectivity index (χ2v) is 3.30. The Balaban J connectivity index is -0.000000309. The number of aliphatic imine (C=N–C) groups is 1. The Kier molecular flexibility index (Phi) is 27.8. The molecule has 0 saturated carbocycles. The van der Waals surface area contributed by atoms with E-state index < -0.39 is 0 Å². The second kappa shape index (κ2) is 24.8. The van der Waals surface area contributed by atoms with Crippen molar-refractivity contribution in [2.45, 2.75) is 48.5 Å². The van der Waals surface area contributed by atoms with Crippen molar-refractivity contribution in [2.75, 3.05) is 6.54 Å². The lowest BCUT2D eigenvalue weighted by atomic mass is 10.1. The Morgan fingerprint density at radius 2 is 1.00 bits per heavy atom. The molecule has 0 N–H and O–H groups in total. The quantitative estimate of drug-likeness (QED) is 0.444. The fourth-order valence-corrected chi connectivity index (χ4v) is 1.33. The number of hydrogen-bond acceptors (Lipinski definition) is 2. The van der Waals surface area contributed by atoms with Crippen LogP contribution >= 0.6 is 0 Å². The van der Waals surface area contributed by atoms with E-state index in [1.807, 2.05) is 53.7 Å². The summed E-state index contributed by atoms with van der Waals surface area (Å²) in [6.07, 6.45) is 1.39. The van der Waals surface area contributed by atoms with Gasteiger partial charge in [0.2, 0.25) is 6.08 Å². The molecule has 0 heterocycles. The molecule has 0 unspecified atom stereocenters. The Bertz CT molecular complexity index is 422. The molecule has 0 aliphatic rings. The minimum atomic E-state index is 0.545. The van der Waals surface area contributed by atoms with Crippen LogP contribution in [-0.2, 0) is 4.79 Å². The molecule has 0 fully saturated rings. The lowest BCUT2D eigenvalue weighted by Gasteiger charge is -1.98. The third kappa shape index (κ3) is 16.0. The van der Waals surface area contributed by atoms with Gasteiger partial charge in [0.15, 0.2) is 0 Å². The molecular formula is C21H33NO. The van der Waals surface area contributed by atoms with Gasteiger partial charge >= 0.3 is 0 Å². The predicted molar refractivity (Wildman–Crippen MR) is 105 cm³/mol. The highest BCUT2D eigenvalue weighted by Gasteiger charge is 1.91. The van der Waals surface area contributed by atoms with Crippen LogP contribution < -0.4 is 0 Å². The van der Waals surface area contributed by atoms with Crippen molar-refractivity contribution in [3.8, 4) is 11.1 Å². The smallest absolute Gasteiger partial charge is 0.211 e. The summed E-state index contributed by atoms with van der Waals surface area (Å²) in [6.45, 7) is 14.3. The van der Waals surface area contributed by atoms with E-state index in [0.717, 1.165) is 0 Å². The van der Waals surface area contributed by atoms with Crippen molar-refractivity contribution in [1.82, 2.24) is 0 Å². The van der Waals surface area contributed by atoms with Crippen molar-refractivity contribution < 1.29 is 4.79 Å². The van der Waals surface area contributed by atoms with Crippen LogP contribution in [0.25, 0.3) is 11.1 Å². The molecule has 2 nitrogen and oxygen atoms in total. The van der Waals surface area contributed by atoms with Crippen molar-refractivity contribution >= 4 is 6.08 Å². The number of rotatable bonds is 2. The van der Waals surface area contributed by atoms with Gasteiger partial charge in [-0.2, -0.15) is 0 Å². The Hall–Kier alpha value is -2.18. The largest absolute Gasteiger partial charge is 0.234 e. The van der Waals surface area contributed by atoms with E-state index in [2.05, 4.69) is 53.5 Å². The fraction of sp³-hybridized carbons (Fsp3) is 0.381. The van der Waals surface area contributed by atoms with Crippen molar-refractivity contribution in [1.29, 1.82) is 0 Å². The van der Waals surface area contributed by atoms with Crippen LogP contribution in [0.1, 0.15) is 48.5 Å². The Morgan fingerprint density at radius 1 is 0.696 bits per heavy atom. The van der Waals surface area contributed by atoms with Gasteiger partial charge in [0, 0.05) is 6.54 Å². The molecule has 0 aromatic heterocycles. The average molecular weight is 316 g/mol. The van der Waals surface area contributed by atoms with Gasteiger partial charge in [0.05, 0.1) is 0 Å². The van der Waals surface area contributed by atoms with E-state index in [-0.39, 0.29) is 0 Å². The number of nitrogens with zero attached hydrogens (tertiary/aromatic N) is 1. The molecule has 128 valence electrons. The van der Waals surface area contributed by atoms with E-state index >= 15 is 0 Å². The van der Waals surface area contributed by atoms with E-state index in [9.17, 15) is 0 Å². The summed E-state index contributed by atoms with van der Waals surface area (Å²) in [4.78, 5) is 12.3. The summed E-state index contributed by atoms with van der Waals surface area (Å²) in [7, 11) is 0. The Labute approximate surface area is 143 Å².